The first-order valence-electron chi connectivity index (χ1n) is 11.5. The molecule has 0 radical (unpaired) electrons. The average molecular weight is 462 g/mol. The number of carbonyl (C=O) groups is 1. The van der Waals surface area contributed by atoms with Gasteiger partial charge in [-0.3, -0.25) is 0 Å². The first-order valence-corrected chi connectivity index (χ1v) is 11.5. The van der Waals surface area contributed by atoms with E-state index < -0.39 is 12.1 Å². The fraction of sp³-hybridized carbons (Fsp3) is 0.321. The van der Waals surface area contributed by atoms with Gasteiger partial charge in [0, 0.05) is 19.6 Å². The standard InChI is InChI=1S/C28H31NO5/c1-4-33-26(28(30)32-3)17-21-14-15-22(16-25(21)31-2)27-19-29(18-20-10-6-5-7-11-20)23-12-8-9-13-24(23)34-27/h5-16,26-27H,4,17-19H2,1-3H3. The SMILES string of the molecule is CCOC(Cc1ccc(C2CN(Cc3ccccc3)c3ccccc3O2)cc1OC)C(=O)OC. The molecule has 34 heavy (non-hydrogen) atoms. The van der Waals surface area contributed by atoms with E-state index in [1.807, 2.05) is 49.4 Å². The molecule has 0 saturated heterocycles. The summed E-state index contributed by atoms with van der Waals surface area (Å²) in [6, 6.07) is 24.6. The number of para-hydroxylation sites is 2. The van der Waals surface area contributed by atoms with Crippen LogP contribution in [0.25, 0.3) is 0 Å². The van der Waals surface area contributed by atoms with Crippen LogP contribution in [0, 0.1) is 0 Å². The molecule has 2 atom stereocenters. The number of anilines is 1. The van der Waals surface area contributed by atoms with Gasteiger partial charge in [0.2, 0.25) is 0 Å². The molecule has 6 nitrogen and oxygen atoms in total. The smallest absolute Gasteiger partial charge is 0.335 e. The molecular formula is C28H31NO5. The Kier molecular flexibility index (Phi) is 7.70. The Morgan fingerprint density at radius 3 is 2.56 bits per heavy atom. The normalized spacial score (nSPS) is 15.7. The number of hydrogen-bond acceptors (Lipinski definition) is 6. The number of benzene rings is 3. The minimum absolute atomic E-state index is 0.162. The minimum Gasteiger partial charge on any atom is -0.496 e. The molecule has 2 unspecified atom stereocenters. The Balaban J connectivity index is 1.59. The van der Waals surface area contributed by atoms with E-state index in [0.29, 0.717) is 25.3 Å². The highest BCUT2D eigenvalue weighted by atomic mass is 16.6. The van der Waals surface area contributed by atoms with Crippen LogP contribution in [0.2, 0.25) is 0 Å². The zero-order valence-electron chi connectivity index (χ0n) is 19.9. The van der Waals surface area contributed by atoms with E-state index in [-0.39, 0.29) is 6.10 Å². The van der Waals surface area contributed by atoms with Crippen molar-refractivity contribution in [3.8, 4) is 11.5 Å². The molecule has 0 aromatic heterocycles. The van der Waals surface area contributed by atoms with Gasteiger partial charge >= 0.3 is 5.97 Å². The van der Waals surface area contributed by atoms with Gasteiger partial charge in [0.05, 0.1) is 26.5 Å². The topological polar surface area (TPSA) is 57.2 Å². The molecule has 0 N–H and O–H groups in total. The Bertz CT molecular complexity index is 1100. The lowest BCUT2D eigenvalue weighted by Gasteiger charge is -2.36. The van der Waals surface area contributed by atoms with Gasteiger partial charge in [0.15, 0.2) is 6.10 Å². The van der Waals surface area contributed by atoms with Crippen LogP contribution < -0.4 is 14.4 Å². The molecule has 6 heteroatoms. The molecule has 1 aliphatic heterocycles. The lowest BCUT2D eigenvalue weighted by Crippen LogP contribution is -2.34. The molecular weight excluding hydrogens is 430 g/mol. The van der Waals surface area contributed by atoms with Crippen molar-refractivity contribution in [3.05, 3.63) is 89.5 Å². The third-order valence-electron chi connectivity index (χ3n) is 6.00. The van der Waals surface area contributed by atoms with Crippen LogP contribution in [0.3, 0.4) is 0 Å². The van der Waals surface area contributed by atoms with Crippen LogP contribution >= 0.6 is 0 Å². The summed E-state index contributed by atoms with van der Waals surface area (Å²) in [4.78, 5) is 14.5. The van der Waals surface area contributed by atoms with E-state index in [1.165, 1.54) is 12.7 Å². The second-order valence-electron chi connectivity index (χ2n) is 8.18. The van der Waals surface area contributed by atoms with E-state index >= 15 is 0 Å². The van der Waals surface area contributed by atoms with Crippen LogP contribution in [0.5, 0.6) is 11.5 Å². The van der Waals surface area contributed by atoms with E-state index in [2.05, 4.69) is 35.2 Å². The molecule has 178 valence electrons. The van der Waals surface area contributed by atoms with E-state index in [0.717, 1.165) is 29.1 Å². The highest BCUT2D eigenvalue weighted by Gasteiger charge is 2.28. The molecule has 3 aromatic carbocycles. The number of ether oxygens (including phenoxy) is 4. The second-order valence-corrected chi connectivity index (χ2v) is 8.18. The van der Waals surface area contributed by atoms with Crippen LogP contribution in [0.1, 0.15) is 29.7 Å². The van der Waals surface area contributed by atoms with Crippen LogP contribution in [-0.4, -0.2) is 39.4 Å². The summed E-state index contributed by atoms with van der Waals surface area (Å²) in [6.07, 6.45) is -0.461. The minimum atomic E-state index is -0.672. The number of methoxy groups -OCH3 is 2. The monoisotopic (exact) mass is 461 g/mol. The second kappa shape index (κ2) is 11.1. The summed E-state index contributed by atoms with van der Waals surface area (Å²) in [6.45, 7) is 3.78. The van der Waals surface area contributed by atoms with Crippen LogP contribution in [0.4, 0.5) is 5.69 Å². The fourth-order valence-electron chi connectivity index (χ4n) is 4.31. The average Bonchev–Trinajstić information content (AvgIpc) is 2.88. The van der Waals surface area contributed by atoms with Crippen molar-refractivity contribution >= 4 is 11.7 Å². The largest absolute Gasteiger partial charge is 0.496 e. The van der Waals surface area contributed by atoms with Crippen molar-refractivity contribution < 1.29 is 23.7 Å². The van der Waals surface area contributed by atoms with Crippen molar-refractivity contribution in [1.29, 1.82) is 0 Å². The highest BCUT2D eigenvalue weighted by Crippen LogP contribution is 2.39. The third-order valence-corrected chi connectivity index (χ3v) is 6.00. The van der Waals surface area contributed by atoms with Gasteiger partial charge in [-0.2, -0.15) is 0 Å². The molecule has 0 spiro atoms. The summed E-state index contributed by atoms with van der Waals surface area (Å²) in [5.74, 6) is 1.17. The molecule has 1 heterocycles. The van der Waals surface area contributed by atoms with Gasteiger partial charge in [0.25, 0.3) is 0 Å². The molecule has 0 bridgehead atoms. The maximum absolute atomic E-state index is 12.1. The Morgan fingerprint density at radius 1 is 1.06 bits per heavy atom. The number of fused-ring (bicyclic) bond motifs is 1. The van der Waals surface area contributed by atoms with Crippen molar-refractivity contribution in [2.45, 2.75) is 32.1 Å². The van der Waals surface area contributed by atoms with Gasteiger partial charge in [-0.25, -0.2) is 4.79 Å². The molecule has 0 saturated carbocycles. The Hall–Kier alpha value is -3.51. The maximum atomic E-state index is 12.1. The first-order chi connectivity index (χ1) is 16.6. The van der Waals surface area contributed by atoms with Gasteiger partial charge in [-0.1, -0.05) is 54.6 Å². The molecule has 0 amide bonds. The van der Waals surface area contributed by atoms with E-state index in [1.54, 1.807) is 7.11 Å². The van der Waals surface area contributed by atoms with Crippen molar-refractivity contribution in [3.63, 3.8) is 0 Å². The fourth-order valence-corrected chi connectivity index (χ4v) is 4.31. The predicted octanol–water partition coefficient (Wildman–Crippen LogP) is 4.96. The molecule has 0 fully saturated rings. The molecule has 1 aliphatic rings. The summed E-state index contributed by atoms with van der Waals surface area (Å²) in [5.41, 5.74) is 4.23. The summed E-state index contributed by atoms with van der Waals surface area (Å²) in [7, 11) is 3.00. The zero-order valence-corrected chi connectivity index (χ0v) is 19.9. The van der Waals surface area contributed by atoms with Crippen molar-refractivity contribution in [2.24, 2.45) is 0 Å². The highest BCUT2D eigenvalue weighted by molar-refractivity contribution is 5.75. The van der Waals surface area contributed by atoms with Gasteiger partial charge < -0.3 is 23.8 Å². The summed E-state index contributed by atoms with van der Waals surface area (Å²) in [5, 5.41) is 0. The van der Waals surface area contributed by atoms with E-state index in [4.69, 9.17) is 18.9 Å². The Morgan fingerprint density at radius 2 is 1.82 bits per heavy atom. The van der Waals surface area contributed by atoms with E-state index in [9.17, 15) is 4.79 Å². The number of hydrogen-bond donors (Lipinski definition) is 0. The van der Waals surface area contributed by atoms with Gasteiger partial charge in [-0.15, -0.1) is 0 Å². The van der Waals surface area contributed by atoms with Crippen molar-refractivity contribution in [1.82, 2.24) is 0 Å². The van der Waals surface area contributed by atoms with Gasteiger partial charge in [-0.05, 0) is 41.8 Å². The molecule has 0 aliphatic carbocycles. The molecule has 4 rings (SSSR count). The number of rotatable bonds is 9. The van der Waals surface area contributed by atoms with Gasteiger partial charge in [0.1, 0.15) is 17.6 Å². The summed E-state index contributed by atoms with van der Waals surface area (Å²) < 4.78 is 22.6. The van der Waals surface area contributed by atoms with Crippen molar-refractivity contribution in [2.75, 3.05) is 32.3 Å². The number of nitrogens with zero attached hydrogens (tertiary/aromatic N) is 1. The lowest BCUT2D eigenvalue weighted by molar-refractivity contribution is -0.153. The predicted molar refractivity (Wildman–Crippen MR) is 131 cm³/mol. The molecule has 3 aromatic rings. The Labute approximate surface area is 201 Å². The number of carbonyl (C=O) groups excluding carboxylic acids is 1. The van der Waals surface area contributed by atoms with Crippen LogP contribution in [-0.2, 0) is 27.2 Å². The van der Waals surface area contributed by atoms with Crippen LogP contribution in [0.15, 0.2) is 72.8 Å². The third kappa shape index (κ3) is 5.34. The lowest BCUT2D eigenvalue weighted by atomic mass is 10.00. The quantitative estimate of drug-likeness (QED) is 0.420. The number of esters is 1. The zero-order chi connectivity index (χ0) is 23.9. The summed E-state index contributed by atoms with van der Waals surface area (Å²) >= 11 is 0. The maximum Gasteiger partial charge on any atom is 0.335 e. The first kappa shape index (κ1) is 23.6.